The van der Waals surface area contributed by atoms with Gasteiger partial charge in [-0.25, -0.2) is 0 Å². The largest absolute Gasteiger partial charge is 0.462 e. The summed E-state index contributed by atoms with van der Waals surface area (Å²) in [7, 11) is 0. The predicted octanol–water partition coefficient (Wildman–Crippen LogP) is 4.41. The van der Waals surface area contributed by atoms with Gasteiger partial charge in [0, 0.05) is 10.4 Å². The van der Waals surface area contributed by atoms with Crippen LogP contribution in [0, 0.1) is 0 Å². The highest BCUT2D eigenvalue weighted by Crippen LogP contribution is 2.31. The van der Waals surface area contributed by atoms with E-state index in [1.54, 1.807) is 24.5 Å². The minimum absolute atomic E-state index is 0.638. The highest BCUT2D eigenvalue weighted by Gasteiger charge is 2.07. The fourth-order valence-electron chi connectivity index (χ4n) is 1.86. The summed E-state index contributed by atoms with van der Waals surface area (Å²) in [5.74, 6) is 0. The third-order valence-corrected chi connectivity index (χ3v) is 3.00. The molecular weight excluding hydrogens is 248 g/mol. The number of anilines is 3. The summed E-state index contributed by atoms with van der Waals surface area (Å²) in [5.41, 5.74) is 9.02. The lowest BCUT2D eigenvalue weighted by molar-refractivity contribution is 0.617. The van der Waals surface area contributed by atoms with Gasteiger partial charge in [0.05, 0.1) is 17.1 Å². The van der Waals surface area contributed by atoms with Gasteiger partial charge in [0.2, 0.25) is 0 Å². The SMILES string of the molecule is Nc1ccc(Cl)cc1Nc1coc2ccccc12. The Balaban J connectivity index is 2.04. The summed E-state index contributed by atoms with van der Waals surface area (Å²) in [6.07, 6.45) is 1.67. The number of nitrogens with one attached hydrogen (secondary N) is 1. The van der Waals surface area contributed by atoms with E-state index in [4.69, 9.17) is 21.8 Å². The Hall–Kier alpha value is -2.13. The molecule has 0 aliphatic rings. The van der Waals surface area contributed by atoms with Crippen LogP contribution >= 0.6 is 11.6 Å². The van der Waals surface area contributed by atoms with E-state index in [1.807, 2.05) is 24.3 Å². The number of furan rings is 1. The molecule has 0 aliphatic carbocycles. The van der Waals surface area contributed by atoms with Gasteiger partial charge in [-0.1, -0.05) is 23.7 Å². The molecule has 0 bridgehead atoms. The molecule has 0 spiro atoms. The Morgan fingerprint density at radius 2 is 1.89 bits per heavy atom. The van der Waals surface area contributed by atoms with Crippen molar-refractivity contribution in [3.63, 3.8) is 0 Å². The number of benzene rings is 2. The van der Waals surface area contributed by atoms with Crippen LogP contribution in [0.4, 0.5) is 17.1 Å². The Morgan fingerprint density at radius 1 is 1.06 bits per heavy atom. The van der Waals surface area contributed by atoms with Crippen molar-refractivity contribution in [2.75, 3.05) is 11.1 Å². The molecule has 1 aromatic heterocycles. The van der Waals surface area contributed by atoms with E-state index in [0.717, 1.165) is 22.3 Å². The highest BCUT2D eigenvalue weighted by atomic mass is 35.5. The molecule has 4 heteroatoms. The number of fused-ring (bicyclic) bond motifs is 1. The number of halogens is 1. The van der Waals surface area contributed by atoms with E-state index >= 15 is 0 Å². The quantitative estimate of drug-likeness (QED) is 0.670. The molecule has 0 atom stereocenters. The maximum absolute atomic E-state index is 5.96. The molecule has 0 fully saturated rings. The van der Waals surface area contributed by atoms with Crippen LogP contribution in [0.1, 0.15) is 0 Å². The van der Waals surface area contributed by atoms with E-state index in [2.05, 4.69) is 5.32 Å². The van der Waals surface area contributed by atoms with Crippen LogP contribution in [0.3, 0.4) is 0 Å². The zero-order valence-corrected chi connectivity index (χ0v) is 10.2. The van der Waals surface area contributed by atoms with E-state index in [0.29, 0.717) is 10.7 Å². The maximum atomic E-state index is 5.96. The smallest absolute Gasteiger partial charge is 0.136 e. The second kappa shape index (κ2) is 4.27. The summed E-state index contributed by atoms with van der Waals surface area (Å²) in [6.45, 7) is 0. The molecule has 3 nitrogen and oxygen atoms in total. The predicted molar refractivity (Wildman–Crippen MR) is 75.4 cm³/mol. The summed E-state index contributed by atoms with van der Waals surface area (Å²) in [4.78, 5) is 0. The van der Waals surface area contributed by atoms with Gasteiger partial charge in [0.15, 0.2) is 0 Å². The van der Waals surface area contributed by atoms with Crippen LogP contribution in [0.2, 0.25) is 5.02 Å². The molecule has 0 aliphatic heterocycles. The van der Waals surface area contributed by atoms with E-state index in [9.17, 15) is 0 Å². The molecule has 2 aromatic carbocycles. The van der Waals surface area contributed by atoms with Gasteiger partial charge >= 0.3 is 0 Å². The first-order chi connectivity index (χ1) is 8.74. The minimum atomic E-state index is 0.638. The lowest BCUT2D eigenvalue weighted by Gasteiger charge is -2.08. The number of hydrogen-bond donors (Lipinski definition) is 2. The third-order valence-electron chi connectivity index (χ3n) is 2.77. The average Bonchev–Trinajstić information content (AvgIpc) is 2.78. The molecule has 18 heavy (non-hydrogen) atoms. The van der Waals surface area contributed by atoms with Crippen molar-refractivity contribution in [3.05, 3.63) is 53.8 Å². The van der Waals surface area contributed by atoms with Gasteiger partial charge in [-0.2, -0.15) is 0 Å². The van der Waals surface area contributed by atoms with Crippen molar-refractivity contribution < 1.29 is 4.42 Å². The van der Waals surface area contributed by atoms with E-state index in [1.165, 1.54) is 0 Å². The molecule has 0 saturated carbocycles. The molecule has 0 unspecified atom stereocenters. The Morgan fingerprint density at radius 3 is 2.78 bits per heavy atom. The molecule has 3 rings (SSSR count). The van der Waals surface area contributed by atoms with Crippen LogP contribution in [-0.4, -0.2) is 0 Å². The van der Waals surface area contributed by atoms with Gasteiger partial charge in [-0.05, 0) is 30.3 Å². The van der Waals surface area contributed by atoms with Gasteiger partial charge in [-0.3, -0.25) is 0 Å². The van der Waals surface area contributed by atoms with Crippen LogP contribution < -0.4 is 11.1 Å². The van der Waals surface area contributed by atoms with Crippen molar-refractivity contribution in [2.45, 2.75) is 0 Å². The first-order valence-electron chi connectivity index (χ1n) is 5.52. The molecule has 3 aromatic rings. The Bertz CT molecular complexity index is 706. The number of rotatable bonds is 2. The molecule has 0 saturated heterocycles. The summed E-state index contributed by atoms with van der Waals surface area (Å²) >= 11 is 5.96. The standard InChI is InChI=1S/C14H11ClN2O/c15-9-5-6-11(16)12(7-9)17-13-8-18-14-4-2-1-3-10(13)14/h1-8,17H,16H2. The minimum Gasteiger partial charge on any atom is -0.462 e. The van der Waals surface area contributed by atoms with E-state index < -0.39 is 0 Å². The van der Waals surface area contributed by atoms with Gasteiger partial charge in [0.25, 0.3) is 0 Å². The second-order valence-electron chi connectivity index (χ2n) is 4.00. The van der Waals surface area contributed by atoms with Gasteiger partial charge in [-0.15, -0.1) is 0 Å². The first kappa shape index (κ1) is 11.0. The molecule has 0 amide bonds. The van der Waals surface area contributed by atoms with Gasteiger partial charge in [0.1, 0.15) is 11.8 Å². The van der Waals surface area contributed by atoms with Crippen LogP contribution in [-0.2, 0) is 0 Å². The Labute approximate surface area is 109 Å². The molecular formula is C14H11ClN2O. The highest BCUT2D eigenvalue weighted by molar-refractivity contribution is 6.31. The first-order valence-corrected chi connectivity index (χ1v) is 5.90. The molecule has 90 valence electrons. The summed E-state index contributed by atoms with van der Waals surface area (Å²) < 4.78 is 5.46. The Kier molecular flexibility index (Phi) is 2.61. The topological polar surface area (TPSA) is 51.2 Å². The maximum Gasteiger partial charge on any atom is 0.136 e. The monoisotopic (exact) mass is 258 g/mol. The number of nitrogen functional groups attached to an aromatic ring is 1. The van der Waals surface area contributed by atoms with Crippen molar-refractivity contribution in [1.82, 2.24) is 0 Å². The van der Waals surface area contributed by atoms with E-state index in [-0.39, 0.29) is 0 Å². The molecule has 3 N–H and O–H groups in total. The second-order valence-corrected chi connectivity index (χ2v) is 4.44. The fraction of sp³-hybridized carbons (Fsp3) is 0. The van der Waals surface area contributed by atoms with Gasteiger partial charge < -0.3 is 15.5 Å². The normalized spacial score (nSPS) is 10.7. The zero-order chi connectivity index (χ0) is 12.5. The zero-order valence-electron chi connectivity index (χ0n) is 9.48. The number of hydrogen-bond acceptors (Lipinski definition) is 3. The fourth-order valence-corrected chi connectivity index (χ4v) is 2.03. The lowest BCUT2D eigenvalue weighted by Crippen LogP contribution is -1.95. The third kappa shape index (κ3) is 1.89. The number of para-hydroxylation sites is 1. The summed E-state index contributed by atoms with van der Waals surface area (Å²) in [6, 6.07) is 13.1. The molecule has 0 radical (unpaired) electrons. The summed E-state index contributed by atoms with van der Waals surface area (Å²) in [5, 5.41) is 4.88. The average molecular weight is 259 g/mol. The van der Waals surface area contributed by atoms with Crippen LogP contribution in [0.15, 0.2) is 53.1 Å². The van der Waals surface area contributed by atoms with Crippen molar-refractivity contribution in [1.29, 1.82) is 0 Å². The van der Waals surface area contributed by atoms with Crippen LogP contribution in [0.5, 0.6) is 0 Å². The van der Waals surface area contributed by atoms with Crippen molar-refractivity contribution >= 4 is 39.6 Å². The molecule has 1 heterocycles. The van der Waals surface area contributed by atoms with Crippen molar-refractivity contribution in [3.8, 4) is 0 Å². The van der Waals surface area contributed by atoms with Crippen LogP contribution in [0.25, 0.3) is 11.0 Å². The lowest BCUT2D eigenvalue weighted by atomic mass is 10.2. The number of nitrogens with two attached hydrogens (primary N) is 1. The van der Waals surface area contributed by atoms with Crippen molar-refractivity contribution in [2.24, 2.45) is 0 Å².